The zero-order chi connectivity index (χ0) is 14.5. The number of nitrogens with one attached hydrogen (secondary N) is 1. The van der Waals surface area contributed by atoms with Gasteiger partial charge in [0.1, 0.15) is 5.76 Å². The second kappa shape index (κ2) is 6.88. The highest BCUT2D eigenvalue weighted by Crippen LogP contribution is 2.20. The Morgan fingerprint density at radius 3 is 2.95 bits per heavy atom. The summed E-state index contributed by atoms with van der Waals surface area (Å²) in [5.74, 6) is 5.57. The van der Waals surface area contributed by atoms with Crippen molar-refractivity contribution in [2.45, 2.75) is 32.9 Å². The molecule has 0 radical (unpaired) electrons. The Kier molecular flexibility index (Phi) is 5.17. The van der Waals surface area contributed by atoms with Crippen molar-refractivity contribution in [2.24, 2.45) is 5.84 Å². The van der Waals surface area contributed by atoms with Gasteiger partial charge in [0.25, 0.3) is 5.91 Å². The smallest absolute Gasteiger partial charge is 0.268 e. The van der Waals surface area contributed by atoms with Crippen LogP contribution in [0.1, 0.15) is 36.4 Å². The van der Waals surface area contributed by atoms with Crippen LogP contribution in [-0.2, 0) is 6.54 Å². The zero-order valence-electron chi connectivity index (χ0n) is 12.3. The van der Waals surface area contributed by atoms with E-state index in [4.69, 9.17) is 10.3 Å². The van der Waals surface area contributed by atoms with E-state index in [2.05, 4.69) is 29.1 Å². The molecule has 2 rings (SSSR count). The van der Waals surface area contributed by atoms with Crippen LogP contribution >= 0.6 is 0 Å². The van der Waals surface area contributed by atoms with Crippen LogP contribution in [0.3, 0.4) is 0 Å². The number of carbonyl (C=O) groups is 1. The molecule has 3 N–H and O–H groups in total. The normalized spacial score (nSPS) is 19.7. The van der Waals surface area contributed by atoms with E-state index in [1.165, 1.54) is 12.7 Å². The molecule has 6 nitrogen and oxygen atoms in total. The third kappa shape index (κ3) is 3.20. The van der Waals surface area contributed by atoms with Gasteiger partial charge < -0.3 is 4.42 Å². The van der Waals surface area contributed by atoms with Crippen molar-refractivity contribution in [3.8, 4) is 0 Å². The van der Waals surface area contributed by atoms with Crippen LogP contribution in [0.4, 0.5) is 0 Å². The Morgan fingerprint density at radius 1 is 1.55 bits per heavy atom. The Hall–Kier alpha value is -1.37. The summed E-state index contributed by atoms with van der Waals surface area (Å²) in [6, 6.07) is 2.27. The highest BCUT2D eigenvalue weighted by atomic mass is 16.3. The average molecular weight is 280 g/mol. The lowest BCUT2D eigenvalue weighted by molar-refractivity contribution is 0.0950. The van der Waals surface area contributed by atoms with E-state index in [-0.39, 0.29) is 5.91 Å². The van der Waals surface area contributed by atoms with Crippen LogP contribution in [0.15, 0.2) is 16.7 Å². The third-order valence-electron chi connectivity index (χ3n) is 4.06. The van der Waals surface area contributed by atoms with Gasteiger partial charge in [-0.15, -0.1) is 0 Å². The maximum absolute atomic E-state index is 11.6. The van der Waals surface area contributed by atoms with Crippen LogP contribution in [0, 0.1) is 0 Å². The Morgan fingerprint density at radius 2 is 2.30 bits per heavy atom. The molecule has 1 amide bonds. The number of rotatable bonds is 6. The summed E-state index contributed by atoms with van der Waals surface area (Å²) in [6.07, 6.45) is 2.71. The van der Waals surface area contributed by atoms with Gasteiger partial charge in [0.05, 0.1) is 18.4 Å². The van der Waals surface area contributed by atoms with Crippen LogP contribution < -0.4 is 11.3 Å². The Balaban J connectivity index is 1.95. The van der Waals surface area contributed by atoms with Gasteiger partial charge in [-0.2, -0.15) is 0 Å². The number of nitrogens with two attached hydrogens (primary N) is 1. The van der Waals surface area contributed by atoms with Crippen molar-refractivity contribution in [3.63, 3.8) is 0 Å². The first-order valence-electron chi connectivity index (χ1n) is 7.23. The number of carbonyl (C=O) groups excluding carboxylic acids is 1. The van der Waals surface area contributed by atoms with Crippen molar-refractivity contribution in [3.05, 3.63) is 23.7 Å². The van der Waals surface area contributed by atoms with E-state index >= 15 is 0 Å². The van der Waals surface area contributed by atoms with E-state index in [0.29, 0.717) is 23.9 Å². The molecule has 2 heterocycles. The summed E-state index contributed by atoms with van der Waals surface area (Å²) in [4.78, 5) is 16.4. The number of amides is 1. The summed E-state index contributed by atoms with van der Waals surface area (Å²) in [5, 5.41) is 0. The van der Waals surface area contributed by atoms with Gasteiger partial charge in [-0.25, -0.2) is 5.84 Å². The first-order chi connectivity index (χ1) is 9.69. The lowest BCUT2D eigenvalue weighted by Gasteiger charge is -2.26. The summed E-state index contributed by atoms with van der Waals surface area (Å²) in [5.41, 5.74) is 2.68. The minimum absolute atomic E-state index is 0.298. The molecule has 1 aromatic rings. The van der Waals surface area contributed by atoms with E-state index in [1.807, 2.05) is 0 Å². The van der Waals surface area contributed by atoms with Crippen molar-refractivity contribution >= 4 is 5.91 Å². The predicted octanol–water partition coefficient (Wildman–Crippen LogP) is 0.799. The molecule has 1 unspecified atom stereocenters. The number of likely N-dealkylation sites (N-methyl/N-ethyl adjacent to an activating group) is 1. The van der Waals surface area contributed by atoms with Crippen LogP contribution in [0.2, 0.25) is 0 Å². The maximum Gasteiger partial charge on any atom is 0.268 e. The second-order valence-corrected chi connectivity index (χ2v) is 5.13. The molecule has 0 saturated carbocycles. The molecule has 6 heteroatoms. The molecule has 1 aliphatic heterocycles. The molecule has 112 valence electrons. The highest BCUT2D eigenvalue weighted by Gasteiger charge is 2.27. The standard InChI is InChI=1S/C14H24N4O2/c1-3-18(4-2)11-5-7-17(9-11)10-13-12(6-8-20-13)14(19)16-15/h6,8,11H,3-5,7,9-10,15H2,1-2H3,(H,16,19). The first kappa shape index (κ1) is 15.0. The van der Waals surface area contributed by atoms with Crippen molar-refractivity contribution in [2.75, 3.05) is 26.2 Å². The summed E-state index contributed by atoms with van der Waals surface area (Å²) in [6.45, 7) is 9.27. The lowest BCUT2D eigenvalue weighted by atomic mass is 10.2. The fourth-order valence-corrected chi connectivity index (χ4v) is 2.94. The van der Waals surface area contributed by atoms with Gasteiger partial charge in [0.15, 0.2) is 0 Å². The molecule has 1 aromatic heterocycles. The molecule has 0 bridgehead atoms. The van der Waals surface area contributed by atoms with Crippen molar-refractivity contribution in [1.29, 1.82) is 0 Å². The minimum Gasteiger partial charge on any atom is -0.467 e. The Labute approximate surface area is 119 Å². The number of hydrazine groups is 1. The van der Waals surface area contributed by atoms with Crippen LogP contribution in [-0.4, -0.2) is 47.9 Å². The zero-order valence-corrected chi connectivity index (χ0v) is 12.3. The fraction of sp³-hybridized carbons (Fsp3) is 0.643. The van der Waals surface area contributed by atoms with Crippen LogP contribution in [0.5, 0.6) is 0 Å². The maximum atomic E-state index is 11.6. The molecule has 1 fully saturated rings. The topological polar surface area (TPSA) is 74.7 Å². The number of nitrogens with zero attached hydrogens (tertiary/aromatic N) is 2. The Bertz CT molecular complexity index is 442. The minimum atomic E-state index is -0.298. The van der Waals surface area contributed by atoms with Gasteiger partial charge in [0, 0.05) is 19.1 Å². The molecule has 0 aromatic carbocycles. The van der Waals surface area contributed by atoms with E-state index in [0.717, 1.165) is 26.2 Å². The number of furan rings is 1. The number of hydrogen-bond acceptors (Lipinski definition) is 5. The average Bonchev–Trinajstić information content (AvgIpc) is 3.10. The second-order valence-electron chi connectivity index (χ2n) is 5.13. The van der Waals surface area contributed by atoms with Gasteiger partial charge >= 0.3 is 0 Å². The molecule has 1 saturated heterocycles. The van der Waals surface area contributed by atoms with E-state index in [9.17, 15) is 4.79 Å². The van der Waals surface area contributed by atoms with Gasteiger partial charge in [-0.05, 0) is 25.6 Å². The fourth-order valence-electron chi connectivity index (χ4n) is 2.94. The van der Waals surface area contributed by atoms with Crippen molar-refractivity contribution < 1.29 is 9.21 Å². The quantitative estimate of drug-likeness (QED) is 0.458. The van der Waals surface area contributed by atoms with Gasteiger partial charge in [-0.1, -0.05) is 13.8 Å². The number of likely N-dealkylation sites (tertiary alicyclic amines) is 1. The predicted molar refractivity (Wildman–Crippen MR) is 77.0 cm³/mol. The molecule has 20 heavy (non-hydrogen) atoms. The highest BCUT2D eigenvalue weighted by molar-refractivity contribution is 5.94. The largest absolute Gasteiger partial charge is 0.467 e. The molecule has 1 atom stereocenters. The SMILES string of the molecule is CCN(CC)C1CCN(Cc2occc2C(=O)NN)C1. The molecular weight excluding hydrogens is 256 g/mol. The molecule has 0 aliphatic carbocycles. The van der Waals surface area contributed by atoms with Crippen LogP contribution in [0.25, 0.3) is 0 Å². The van der Waals surface area contributed by atoms with Gasteiger partial charge in [-0.3, -0.25) is 20.0 Å². The summed E-state index contributed by atoms with van der Waals surface area (Å²) < 4.78 is 5.43. The van der Waals surface area contributed by atoms with Gasteiger partial charge in [0.2, 0.25) is 0 Å². The summed E-state index contributed by atoms with van der Waals surface area (Å²) in [7, 11) is 0. The lowest BCUT2D eigenvalue weighted by Crippen LogP contribution is -2.37. The molecular formula is C14H24N4O2. The number of hydrogen-bond donors (Lipinski definition) is 2. The van der Waals surface area contributed by atoms with E-state index in [1.54, 1.807) is 6.07 Å². The third-order valence-corrected chi connectivity index (χ3v) is 4.06. The van der Waals surface area contributed by atoms with E-state index < -0.39 is 0 Å². The number of nitrogen functional groups attached to an aromatic ring is 1. The first-order valence-corrected chi connectivity index (χ1v) is 7.23. The molecule has 1 aliphatic rings. The summed E-state index contributed by atoms with van der Waals surface area (Å²) >= 11 is 0. The molecule has 0 spiro atoms. The van der Waals surface area contributed by atoms with Crippen molar-refractivity contribution in [1.82, 2.24) is 15.2 Å². The monoisotopic (exact) mass is 280 g/mol.